The zero-order valence-corrected chi connectivity index (χ0v) is 10.5. The molecular weight excluding hydrogens is 234 g/mol. The zero-order valence-electron chi connectivity index (χ0n) is 10.5. The van der Waals surface area contributed by atoms with Crippen LogP contribution in [0.5, 0.6) is 17.5 Å². The van der Waals surface area contributed by atoms with Crippen LogP contribution in [0, 0.1) is 0 Å². The third kappa shape index (κ3) is 3.89. The van der Waals surface area contributed by atoms with Gasteiger partial charge in [0.25, 0.3) is 17.5 Å². The Morgan fingerprint density at radius 2 is 1.17 bits per heavy atom. The molecule has 6 nitrogen and oxygen atoms in total. The van der Waals surface area contributed by atoms with Gasteiger partial charge in [0.1, 0.15) is 0 Å². The largest absolute Gasteiger partial charge is 0.454 e. The Morgan fingerprint density at radius 3 is 1.61 bits per heavy atom. The second-order valence-electron chi connectivity index (χ2n) is 2.99. The van der Waals surface area contributed by atoms with Crippen LogP contribution in [0.3, 0.4) is 0 Å². The third-order valence-electron chi connectivity index (χ3n) is 1.61. The predicted octanol–water partition coefficient (Wildman–Crippen LogP) is 2.61. The van der Waals surface area contributed by atoms with E-state index in [0.29, 0.717) is 0 Å². The molecule has 0 aromatic carbocycles. The van der Waals surface area contributed by atoms with Crippen molar-refractivity contribution in [2.24, 2.45) is 0 Å². The molecule has 1 aromatic rings. The van der Waals surface area contributed by atoms with Gasteiger partial charge in [0.2, 0.25) is 0 Å². The quantitative estimate of drug-likeness (QED) is 0.722. The Labute approximate surface area is 106 Å². The van der Waals surface area contributed by atoms with Crippen molar-refractivity contribution in [3.63, 3.8) is 0 Å². The van der Waals surface area contributed by atoms with E-state index in [0.717, 1.165) is 0 Å². The first-order valence-corrected chi connectivity index (χ1v) is 5.40. The summed E-state index contributed by atoms with van der Waals surface area (Å²) in [7, 11) is 0. The second kappa shape index (κ2) is 7.83. The van der Waals surface area contributed by atoms with E-state index < -0.39 is 0 Å². The fourth-order valence-electron chi connectivity index (χ4n) is 0.942. The van der Waals surface area contributed by atoms with Crippen molar-refractivity contribution in [2.75, 3.05) is 0 Å². The molecule has 96 valence electrons. The molecule has 1 aromatic heterocycles. The van der Waals surface area contributed by atoms with Crippen LogP contribution in [0.25, 0.3) is 0 Å². The summed E-state index contributed by atoms with van der Waals surface area (Å²) < 4.78 is 15.8. The number of hydrogen-bond acceptors (Lipinski definition) is 6. The van der Waals surface area contributed by atoms with Gasteiger partial charge in [-0.2, -0.15) is 0 Å². The van der Waals surface area contributed by atoms with E-state index in [-0.39, 0.29) is 17.5 Å². The van der Waals surface area contributed by atoms with E-state index in [1.807, 2.05) is 20.8 Å². The molecule has 0 aliphatic carbocycles. The third-order valence-corrected chi connectivity index (χ3v) is 1.61. The SMILES string of the molecule is CC=COc1nnnc(OC=CC)c1OC=CC. The summed E-state index contributed by atoms with van der Waals surface area (Å²) in [5, 5.41) is 11.0. The maximum absolute atomic E-state index is 5.35. The maximum atomic E-state index is 5.35. The Bertz CT molecular complexity index is 424. The lowest BCUT2D eigenvalue weighted by atomic mass is 10.5. The topological polar surface area (TPSA) is 66.4 Å². The van der Waals surface area contributed by atoms with Gasteiger partial charge in [0.15, 0.2) is 0 Å². The summed E-state index contributed by atoms with van der Waals surface area (Å²) in [6, 6.07) is 0. The summed E-state index contributed by atoms with van der Waals surface area (Å²) in [5.74, 6) is 0.626. The lowest BCUT2D eigenvalue weighted by molar-refractivity contribution is 0.351. The van der Waals surface area contributed by atoms with E-state index in [1.165, 1.54) is 18.8 Å². The minimum Gasteiger partial charge on any atom is -0.454 e. The molecule has 6 heteroatoms. The summed E-state index contributed by atoms with van der Waals surface area (Å²) in [4.78, 5) is 0. The predicted molar refractivity (Wildman–Crippen MR) is 66.2 cm³/mol. The molecule has 0 N–H and O–H groups in total. The van der Waals surface area contributed by atoms with Crippen LogP contribution in [0.1, 0.15) is 20.8 Å². The molecule has 0 saturated carbocycles. The molecule has 1 heterocycles. The van der Waals surface area contributed by atoms with Gasteiger partial charge in [0.05, 0.1) is 18.8 Å². The number of rotatable bonds is 6. The normalized spacial score (nSPS) is 11.5. The number of ether oxygens (including phenoxy) is 3. The van der Waals surface area contributed by atoms with Crippen molar-refractivity contribution in [1.82, 2.24) is 15.4 Å². The molecular formula is C12H15N3O3. The zero-order chi connectivity index (χ0) is 13.2. The number of aromatic nitrogens is 3. The molecule has 0 bridgehead atoms. The molecule has 18 heavy (non-hydrogen) atoms. The van der Waals surface area contributed by atoms with Gasteiger partial charge < -0.3 is 14.2 Å². The number of nitrogens with zero attached hydrogens (tertiary/aromatic N) is 3. The van der Waals surface area contributed by atoms with Crippen molar-refractivity contribution >= 4 is 0 Å². The number of allylic oxidation sites excluding steroid dienone is 3. The van der Waals surface area contributed by atoms with Crippen LogP contribution in [0.2, 0.25) is 0 Å². The number of hydrogen-bond donors (Lipinski definition) is 0. The lowest BCUT2D eigenvalue weighted by Crippen LogP contribution is -2.00. The first-order chi connectivity index (χ1) is 8.83. The van der Waals surface area contributed by atoms with Gasteiger partial charge in [0, 0.05) is 0 Å². The Balaban J connectivity index is 3.06. The smallest absolute Gasteiger partial charge is 0.289 e. The summed E-state index contributed by atoms with van der Waals surface area (Å²) in [6.45, 7) is 5.46. The first-order valence-electron chi connectivity index (χ1n) is 5.40. The monoisotopic (exact) mass is 249 g/mol. The molecule has 0 aliphatic heterocycles. The highest BCUT2D eigenvalue weighted by Crippen LogP contribution is 2.33. The molecule has 0 aliphatic rings. The van der Waals surface area contributed by atoms with Crippen molar-refractivity contribution < 1.29 is 14.2 Å². The van der Waals surface area contributed by atoms with E-state index >= 15 is 0 Å². The van der Waals surface area contributed by atoms with Crippen molar-refractivity contribution in [1.29, 1.82) is 0 Å². The van der Waals surface area contributed by atoms with Gasteiger partial charge >= 0.3 is 0 Å². The fourth-order valence-corrected chi connectivity index (χ4v) is 0.942. The summed E-state index contributed by atoms with van der Waals surface area (Å²) in [6.07, 6.45) is 9.56. The van der Waals surface area contributed by atoms with Gasteiger partial charge in [-0.25, -0.2) is 0 Å². The van der Waals surface area contributed by atoms with Crippen molar-refractivity contribution in [2.45, 2.75) is 20.8 Å². The molecule has 0 amide bonds. The minimum absolute atomic E-state index is 0.181. The second-order valence-corrected chi connectivity index (χ2v) is 2.99. The highest BCUT2D eigenvalue weighted by molar-refractivity contribution is 5.42. The molecule has 0 saturated heterocycles. The van der Waals surface area contributed by atoms with Crippen LogP contribution in [0.4, 0.5) is 0 Å². The van der Waals surface area contributed by atoms with Gasteiger partial charge in [-0.05, 0) is 26.0 Å². The van der Waals surface area contributed by atoms with E-state index in [4.69, 9.17) is 14.2 Å². The van der Waals surface area contributed by atoms with Crippen LogP contribution in [0.15, 0.2) is 37.0 Å². The van der Waals surface area contributed by atoms with Crippen LogP contribution in [-0.4, -0.2) is 15.4 Å². The summed E-state index contributed by atoms with van der Waals surface area (Å²) >= 11 is 0. The lowest BCUT2D eigenvalue weighted by Gasteiger charge is -2.08. The summed E-state index contributed by atoms with van der Waals surface area (Å²) in [5.41, 5.74) is 0. The first kappa shape index (κ1) is 13.7. The van der Waals surface area contributed by atoms with E-state index in [1.54, 1.807) is 18.2 Å². The van der Waals surface area contributed by atoms with E-state index in [2.05, 4.69) is 15.4 Å². The highest BCUT2D eigenvalue weighted by Gasteiger charge is 2.15. The molecule has 0 unspecified atom stereocenters. The van der Waals surface area contributed by atoms with Crippen LogP contribution in [-0.2, 0) is 0 Å². The average molecular weight is 249 g/mol. The highest BCUT2D eigenvalue weighted by atomic mass is 16.5. The van der Waals surface area contributed by atoms with Crippen molar-refractivity contribution in [3.8, 4) is 17.5 Å². The Kier molecular flexibility index (Phi) is 5.96. The maximum Gasteiger partial charge on any atom is 0.289 e. The van der Waals surface area contributed by atoms with Gasteiger partial charge in [-0.3, -0.25) is 0 Å². The minimum atomic E-state index is 0.181. The molecule has 0 atom stereocenters. The molecule has 0 radical (unpaired) electrons. The van der Waals surface area contributed by atoms with Gasteiger partial charge in [-0.1, -0.05) is 28.4 Å². The average Bonchev–Trinajstić information content (AvgIpc) is 2.41. The molecule has 1 rings (SSSR count). The van der Waals surface area contributed by atoms with Crippen LogP contribution >= 0.6 is 0 Å². The standard InChI is InChI=1S/C12H15N3O3/c1-4-7-16-10-11(17-8-5-2)13-15-14-12(10)18-9-6-3/h4-9H,1-3H3. The molecule has 0 fully saturated rings. The Hall–Kier alpha value is -2.37. The fraction of sp³-hybridized carbons (Fsp3) is 0.250. The Morgan fingerprint density at radius 1 is 0.722 bits per heavy atom. The van der Waals surface area contributed by atoms with E-state index in [9.17, 15) is 0 Å². The van der Waals surface area contributed by atoms with Crippen LogP contribution < -0.4 is 14.2 Å². The van der Waals surface area contributed by atoms with Crippen molar-refractivity contribution in [3.05, 3.63) is 37.0 Å². The van der Waals surface area contributed by atoms with Gasteiger partial charge in [-0.15, -0.1) is 0 Å². The molecule has 0 spiro atoms.